The average molecular weight is 374 g/mol. The number of carbonyl (C=O) groups is 2. The second kappa shape index (κ2) is 6.99. The molecule has 0 saturated carbocycles. The number of rotatable bonds is 5. The Morgan fingerprint density at radius 1 is 1.33 bits per heavy atom. The number of primary sulfonamides is 1. The number of furan rings is 1. The van der Waals surface area contributed by atoms with E-state index in [1.165, 1.54) is 25.3 Å². The van der Waals surface area contributed by atoms with Gasteiger partial charge in [-0.1, -0.05) is 11.6 Å². The van der Waals surface area contributed by atoms with Crippen molar-refractivity contribution in [2.24, 2.45) is 5.14 Å². The van der Waals surface area contributed by atoms with Gasteiger partial charge in [0.05, 0.1) is 5.02 Å². The largest absolute Gasteiger partial charge is 0.447 e. The molecule has 3 N–H and O–H groups in total. The average Bonchev–Trinajstić information content (AvgIpc) is 2.99. The molecule has 1 amide bonds. The van der Waals surface area contributed by atoms with Crippen LogP contribution in [-0.2, 0) is 19.6 Å². The normalized spacial score (nSPS) is 12.5. The van der Waals surface area contributed by atoms with Gasteiger partial charge in [0.1, 0.15) is 5.82 Å². The van der Waals surface area contributed by atoms with Crippen molar-refractivity contribution in [3.05, 3.63) is 41.2 Å². The fourth-order valence-corrected chi connectivity index (χ4v) is 2.11. The van der Waals surface area contributed by atoms with Gasteiger partial charge < -0.3 is 14.5 Å². The Kier molecular flexibility index (Phi) is 5.22. The molecular weight excluding hydrogens is 362 g/mol. The maximum Gasteiger partial charge on any atom is 0.375 e. The number of nitrogens with two attached hydrogens (primary N) is 1. The van der Waals surface area contributed by atoms with Crippen molar-refractivity contribution < 1.29 is 27.2 Å². The quantitative estimate of drug-likeness (QED) is 0.748. The molecule has 0 aromatic carbocycles. The molecule has 0 fully saturated rings. The summed E-state index contributed by atoms with van der Waals surface area (Å²) in [5.41, 5.74) is 0. The first-order valence-electron chi connectivity index (χ1n) is 6.43. The second-order valence-electron chi connectivity index (χ2n) is 4.56. The predicted octanol–water partition coefficient (Wildman–Crippen LogP) is 1.16. The zero-order chi connectivity index (χ0) is 17.9. The van der Waals surface area contributed by atoms with E-state index in [-0.39, 0.29) is 5.82 Å². The Balaban J connectivity index is 1.99. The topological polar surface area (TPSA) is 142 Å². The number of aromatic nitrogens is 1. The van der Waals surface area contributed by atoms with Gasteiger partial charge in [0.25, 0.3) is 15.9 Å². The molecule has 11 heteroatoms. The third-order valence-corrected chi connectivity index (χ3v) is 3.70. The highest BCUT2D eigenvalue weighted by Crippen LogP contribution is 2.14. The number of nitrogens with one attached hydrogen (secondary N) is 1. The molecule has 2 rings (SSSR count). The fraction of sp³-hybridized carbons (Fsp3) is 0.154. The molecule has 9 nitrogen and oxygen atoms in total. The van der Waals surface area contributed by atoms with Crippen LogP contribution in [0.25, 0.3) is 0 Å². The van der Waals surface area contributed by atoms with Gasteiger partial charge >= 0.3 is 5.97 Å². The van der Waals surface area contributed by atoms with E-state index in [9.17, 15) is 18.0 Å². The van der Waals surface area contributed by atoms with E-state index in [1.807, 2.05) is 0 Å². The molecule has 0 aliphatic carbocycles. The fourth-order valence-electron chi connectivity index (χ4n) is 1.53. The van der Waals surface area contributed by atoms with Crippen molar-refractivity contribution in [1.29, 1.82) is 0 Å². The lowest BCUT2D eigenvalue weighted by molar-refractivity contribution is -0.123. The number of nitrogens with zero attached hydrogens (tertiary/aromatic N) is 1. The molecule has 2 aromatic heterocycles. The minimum atomic E-state index is -4.08. The molecular formula is C13H12ClN3O6S. The Morgan fingerprint density at radius 2 is 2.04 bits per heavy atom. The molecule has 0 saturated heterocycles. The van der Waals surface area contributed by atoms with Gasteiger partial charge in [-0.3, -0.25) is 4.79 Å². The molecule has 0 radical (unpaired) electrons. The van der Waals surface area contributed by atoms with Crippen LogP contribution >= 0.6 is 11.6 Å². The van der Waals surface area contributed by atoms with Crippen LogP contribution in [0, 0.1) is 0 Å². The number of carbonyl (C=O) groups excluding carboxylic acids is 2. The third kappa shape index (κ3) is 4.54. The van der Waals surface area contributed by atoms with Crippen molar-refractivity contribution in [2.45, 2.75) is 18.1 Å². The van der Waals surface area contributed by atoms with E-state index >= 15 is 0 Å². The van der Waals surface area contributed by atoms with Crippen molar-refractivity contribution in [3.8, 4) is 0 Å². The molecule has 128 valence electrons. The number of anilines is 1. The molecule has 24 heavy (non-hydrogen) atoms. The first kappa shape index (κ1) is 17.9. The summed E-state index contributed by atoms with van der Waals surface area (Å²) in [4.78, 5) is 27.6. The van der Waals surface area contributed by atoms with E-state index in [1.54, 1.807) is 0 Å². The molecule has 0 bridgehead atoms. The van der Waals surface area contributed by atoms with Crippen LogP contribution in [0.3, 0.4) is 0 Å². The van der Waals surface area contributed by atoms with E-state index in [0.717, 1.165) is 12.1 Å². The van der Waals surface area contributed by atoms with E-state index in [0.29, 0.717) is 5.02 Å². The van der Waals surface area contributed by atoms with Crippen LogP contribution < -0.4 is 10.5 Å². The highest BCUT2D eigenvalue weighted by atomic mass is 35.5. The van der Waals surface area contributed by atoms with Crippen molar-refractivity contribution in [2.75, 3.05) is 5.32 Å². The van der Waals surface area contributed by atoms with Gasteiger partial charge in [-0.25, -0.2) is 23.3 Å². The standard InChI is InChI=1S/C13H12ClN3O6S/c1-7(12(18)17-10-4-2-8(14)6-16-10)22-13(19)9-3-5-11(23-9)24(15,20)21/h2-7H,1H3,(H2,15,20,21)(H,16,17,18). The number of hydrogen-bond donors (Lipinski definition) is 2. The zero-order valence-electron chi connectivity index (χ0n) is 12.2. The molecule has 1 atom stereocenters. The molecule has 1 unspecified atom stereocenters. The monoisotopic (exact) mass is 373 g/mol. The second-order valence-corrected chi connectivity index (χ2v) is 6.49. The summed E-state index contributed by atoms with van der Waals surface area (Å²) in [5, 5.41) is 7.10. The van der Waals surface area contributed by atoms with Crippen LogP contribution in [0.15, 0.2) is 40.0 Å². The number of hydrogen-bond acceptors (Lipinski definition) is 7. The van der Waals surface area contributed by atoms with E-state index < -0.39 is 38.9 Å². The Bertz CT molecular complexity index is 862. The van der Waals surface area contributed by atoms with E-state index in [4.69, 9.17) is 25.9 Å². The van der Waals surface area contributed by atoms with Gasteiger partial charge in [-0.2, -0.15) is 0 Å². The molecule has 0 spiro atoms. The number of sulfonamides is 1. The molecule has 2 heterocycles. The maximum atomic E-state index is 11.9. The van der Waals surface area contributed by atoms with Crippen LogP contribution in [0.4, 0.5) is 5.82 Å². The number of halogens is 1. The summed E-state index contributed by atoms with van der Waals surface area (Å²) in [6.07, 6.45) is 0.156. The molecule has 0 aliphatic heterocycles. The highest BCUT2D eigenvalue weighted by Gasteiger charge is 2.23. The van der Waals surface area contributed by atoms with Crippen LogP contribution in [0.2, 0.25) is 5.02 Å². The number of ether oxygens (including phenoxy) is 1. The van der Waals surface area contributed by atoms with Gasteiger partial charge in [-0.05, 0) is 31.2 Å². The van der Waals surface area contributed by atoms with Crippen molar-refractivity contribution in [3.63, 3.8) is 0 Å². The maximum absolute atomic E-state index is 11.9. The lowest BCUT2D eigenvalue weighted by Gasteiger charge is -2.12. The molecule has 0 aliphatic rings. The smallest absolute Gasteiger partial charge is 0.375 e. The summed E-state index contributed by atoms with van der Waals surface area (Å²) >= 11 is 5.67. The number of pyridine rings is 1. The summed E-state index contributed by atoms with van der Waals surface area (Å²) in [6, 6.07) is 5.08. The van der Waals surface area contributed by atoms with Gasteiger partial charge in [-0.15, -0.1) is 0 Å². The van der Waals surface area contributed by atoms with Crippen LogP contribution in [0.5, 0.6) is 0 Å². The molecule has 2 aromatic rings. The zero-order valence-corrected chi connectivity index (χ0v) is 13.8. The Morgan fingerprint density at radius 3 is 2.58 bits per heavy atom. The number of amides is 1. The van der Waals surface area contributed by atoms with Crippen molar-refractivity contribution in [1.82, 2.24) is 4.98 Å². The van der Waals surface area contributed by atoms with Gasteiger partial charge in [0.15, 0.2) is 6.10 Å². The predicted molar refractivity (Wildman–Crippen MR) is 82.8 cm³/mol. The van der Waals surface area contributed by atoms with Crippen molar-refractivity contribution >= 4 is 39.3 Å². The summed E-state index contributed by atoms with van der Waals surface area (Å²) < 4.78 is 31.8. The minimum Gasteiger partial charge on any atom is -0.447 e. The Labute approximate surface area is 141 Å². The third-order valence-electron chi connectivity index (χ3n) is 2.69. The van der Waals surface area contributed by atoms with Gasteiger partial charge in [0, 0.05) is 6.20 Å². The van der Waals surface area contributed by atoms with Crippen LogP contribution in [0.1, 0.15) is 17.5 Å². The van der Waals surface area contributed by atoms with E-state index in [2.05, 4.69) is 10.3 Å². The SMILES string of the molecule is CC(OC(=O)c1ccc(S(N)(=O)=O)o1)C(=O)Nc1ccc(Cl)cn1. The lowest BCUT2D eigenvalue weighted by atomic mass is 10.3. The highest BCUT2D eigenvalue weighted by molar-refractivity contribution is 7.89. The minimum absolute atomic E-state index is 0.224. The summed E-state index contributed by atoms with van der Waals surface area (Å²) in [7, 11) is -4.08. The van der Waals surface area contributed by atoms with Gasteiger partial charge in [0.2, 0.25) is 10.9 Å². The number of esters is 1. The summed E-state index contributed by atoms with van der Waals surface area (Å²) in [6.45, 7) is 1.33. The first-order valence-corrected chi connectivity index (χ1v) is 8.35. The summed E-state index contributed by atoms with van der Waals surface area (Å²) in [5.74, 6) is -1.84. The van der Waals surface area contributed by atoms with Crippen LogP contribution in [-0.4, -0.2) is 31.4 Å². The lowest BCUT2D eigenvalue weighted by Crippen LogP contribution is -2.30. The first-order chi connectivity index (χ1) is 11.2. The Hall–Kier alpha value is -2.43.